The van der Waals surface area contributed by atoms with E-state index in [2.05, 4.69) is 5.32 Å². The molecule has 1 N–H and O–H groups in total. The van der Waals surface area contributed by atoms with E-state index in [-0.39, 0.29) is 6.61 Å². The third-order valence-corrected chi connectivity index (χ3v) is 2.59. The maximum Gasteiger partial charge on any atom is 0.407 e. The van der Waals surface area contributed by atoms with Gasteiger partial charge in [-0.15, -0.1) is 0 Å². The predicted molar refractivity (Wildman–Crippen MR) is 68.4 cm³/mol. The molecule has 0 radical (unpaired) electrons. The van der Waals surface area contributed by atoms with E-state index < -0.39 is 6.09 Å². The number of hydrogen-bond donors (Lipinski definition) is 1. The molecule has 0 fully saturated rings. The zero-order valence-corrected chi connectivity index (χ0v) is 10.5. The summed E-state index contributed by atoms with van der Waals surface area (Å²) in [6.45, 7) is 0.104. The second kappa shape index (κ2) is 5.60. The van der Waals surface area contributed by atoms with Crippen LogP contribution in [-0.2, 0) is 11.3 Å². The quantitative estimate of drug-likeness (QED) is 0.925. The van der Waals surface area contributed by atoms with Gasteiger partial charge in [-0.05, 0) is 36.4 Å². The largest absolute Gasteiger partial charge is 0.457 e. The number of halogens is 1. The third-order valence-electron chi connectivity index (χ3n) is 2.34. The van der Waals surface area contributed by atoms with Crippen molar-refractivity contribution in [3.05, 3.63) is 47.2 Å². The van der Waals surface area contributed by atoms with Gasteiger partial charge in [0, 0.05) is 17.6 Å². The zero-order valence-electron chi connectivity index (χ0n) is 9.77. The van der Waals surface area contributed by atoms with Gasteiger partial charge in [-0.1, -0.05) is 11.6 Å². The van der Waals surface area contributed by atoms with E-state index >= 15 is 0 Å². The molecule has 5 heteroatoms. The van der Waals surface area contributed by atoms with E-state index in [1.54, 1.807) is 18.2 Å². The average molecular weight is 266 g/mol. The van der Waals surface area contributed by atoms with Crippen LogP contribution in [0, 0.1) is 0 Å². The first-order chi connectivity index (χ1) is 8.69. The summed E-state index contributed by atoms with van der Waals surface area (Å²) in [6.07, 6.45) is -0.487. The van der Waals surface area contributed by atoms with E-state index in [1.807, 2.05) is 18.2 Å². The van der Waals surface area contributed by atoms with Gasteiger partial charge in [-0.25, -0.2) is 4.79 Å². The van der Waals surface area contributed by atoms with Crippen LogP contribution in [0.3, 0.4) is 0 Å². The molecular weight excluding hydrogens is 254 g/mol. The Morgan fingerprint density at radius 1 is 1.28 bits per heavy atom. The average Bonchev–Trinajstić information content (AvgIpc) is 2.85. The van der Waals surface area contributed by atoms with Crippen molar-refractivity contribution < 1.29 is 13.9 Å². The molecule has 18 heavy (non-hydrogen) atoms. The summed E-state index contributed by atoms with van der Waals surface area (Å²) >= 11 is 5.81. The Morgan fingerprint density at radius 2 is 2.00 bits per heavy atom. The highest BCUT2D eigenvalue weighted by Crippen LogP contribution is 2.24. The first-order valence-corrected chi connectivity index (χ1v) is 5.76. The maximum atomic E-state index is 10.9. The summed E-state index contributed by atoms with van der Waals surface area (Å²) in [7, 11) is 1.50. The molecule has 0 saturated heterocycles. The van der Waals surface area contributed by atoms with Gasteiger partial charge < -0.3 is 14.5 Å². The number of benzene rings is 1. The summed E-state index contributed by atoms with van der Waals surface area (Å²) in [5.41, 5.74) is 0.922. The third kappa shape index (κ3) is 3.05. The van der Waals surface area contributed by atoms with Crippen molar-refractivity contribution in [1.82, 2.24) is 5.32 Å². The van der Waals surface area contributed by atoms with Gasteiger partial charge in [0.2, 0.25) is 0 Å². The monoisotopic (exact) mass is 265 g/mol. The number of rotatable bonds is 3. The van der Waals surface area contributed by atoms with Crippen molar-refractivity contribution in [1.29, 1.82) is 0 Å². The van der Waals surface area contributed by atoms with Crippen molar-refractivity contribution in [2.45, 2.75) is 6.61 Å². The number of amides is 1. The number of furan rings is 1. The standard InChI is InChI=1S/C13H12ClNO3/c1-15-13(16)17-8-11-6-7-12(18-11)9-2-4-10(14)5-3-9/h2-7H,8H2,1H3,(H,15,16). The van der Waals surface area contributed by atoms with Crippen LogP contribution in [0.2, 0.25) is 5.02 Å². The Labute approximate surface area is 110 Å². The van der Waals surface area contributed by atoms with Crippen molar-refractivity contribution in [2.24, 2.45) is 0 Å². The Hall–Kier alpha value is -1.94. The van der Waals surface area contributed by atoms with Gasteiger partial charge in [0.15, 0.2) is 6.61 Å². The molecule has 94 valence electrons. The van der Waals surface area contributed by atoms with Crippen molar-refractivity contribution in [3.63, 3.8) is 0 Å². The second-order valence-electron chi connectivity index (χ2n) is 3.60. The zero-order chi connectivity index (χ0) is 13.0. The molecule has 1 heterocycles. The second-order valence-corrected chi connectivity index (χ2v) is 4.04. The number of carbonyl (C=O) groups excluding carboxylic acids is 1. The summed E-state index contributed by atoms with van der Waals surface area (Å²) in [4.78, 5) is 10.9. The Kier molecular flexibility index (Phi) is 3.89. The molecule has 0 atom stereocenters. The smallest absolute Gasteiger partial charge is 0.407 e. The van der Waals surface area contributed by atoms with Crippen molar-refractivity contribution in [2.75, 3.05) is 7.05 Å². The molecule has 0 spiro atoms. The molecule has 4 nitrogen and oxygen atoms in total. The molecule has 1 aromatic carbocycles. The number of carbonyl (C=O) groups is 1. The molecule has 0 aliphatic carbocycles. The fourth-order valence-corrected chi connectivity index (χ4v) is 1.56. The number of alkyl carbamates (subject to hydrolysis) is 1. The molecule has 2 rings (SSSR count). The van der Waals surface area contributed by atoms with E-state index in [0.29, 0.717) is 16.5 Å². The van der Waals surface area contributed by atoms with E-state index in [0.717, 1.165) is 5.56 Å². The molecule has 0 aliphatic rings. The van der Waals surface area contributed by atoms with E-state index in [4.69, 9.17) is 20.8 Å². The van der Waals surface area contributed by atoms with Gasteiger partial charge in [-0.2, -0.15) is 0 Å². The summed E-state index contributed by atoms with van der Waals surface area (Å²) < 4.78 is 10.4. The van der Waals surface area contributed by atoms with Crippen LogP contribution >= 0.6 is 11.6 Å². The van der Waals surface area contributed by atoms with Gasteiger partial charge in [-0.3, -0.25) is 0 Å². The fourth-order valence-electron chi connectivity index (χ4n) is 1.43. The molecule has 2 aromatic rings. The maximum absolute atomic E-state index is 10.9. The Balaban J connectivity index is 2.06. The van der Waals surface area contributed by atoms with Gasteiger partial charge >= 0.3 is 6.09 Å². The number of hydrogen-bond acceptors (Lipinski definition) is 3. The highest BCUT2D eigenvalue weighted by Gasteiger charge is 2.06. The van der Waals surface area contributed by atoms with Crippen LogP contribution in [0.4, 0.5) is 4.79 Å². The molecule has 0 aliphatic heterocycles. The molecule has 1 amide bonds. The van der Waals surface area contributed by atoms with Crippen LogP contribution in [0.25, 0.3) is 11.3 Å². The summed E-state index contributed by atoms with van der Waals surface area (Å²) in [6, 6.07) is 10.9. The Morgan fingerprint density at radius 3 is 2.67 bits per heavy atom. The molecular formula is C13H12ClNO3. The highest BCUT2D eigenvalue weighted by atomic mass is 35.5. The van der Waals surface area contributed by atoms with Crippen molar-refractivity contribution >= 4 is 17.7 Å². The molecule has 0 bridgehead atoms. The summed E-state index contributed by atoms with van der Waals surface area (Å²) in [5, 5.41) is 3.04. The lowest BCUT2D eigenvalue weighted by Crippen LogP contribution is -2.18. The van der Waals surface area contributed by atoms with Crippen LogP contribution in [0.5, 0.6) is 0 Å². The fraction of sp³-hybridized carbons (Fsp3) is 0.154. The van der Waals surface area contributed by atoms with Crippen molar-refractivity contribution in [3.8, 4) is 11.3 Å². The lowest BCUT2D eigenvalue weighted by molar-refractivity contribution is 0.133. The minimum absolute atomic E-state index is 0.104. The number of ether oxygens (including phenoxy) is 1. The first-order valence-electron chi connectivity index (χ1n) is 5.38. The van der Waals surface area contributed by atoms with E-state index in [9.17, 15) is 4.79 Å². The molecule has 0 saturated carbocycles. The minimum Gasteiger partial charge on any atom is -0.457 e. The lowest BCUT2D eigenvalue weighted by Gasteiger charge is -2.01. The van der Waals surface area contributed by atoms with Gasteiger partial charge in [0.25, 0.3) is 0 Å². The highest BCUT2D eigenvalue weighted by molar-refractivity contribution is 6.30. The van der Waals surface area contributed by atoms with Crippen LogP contribution < -0.4 is 5.32 Å². The van der Waals surface area contributed by atoms with Crippen LogP contribution in [-0.4, -0.2) is 13.1 Å². The SMILES string of the molecule is CNC(=O)OCc1ccc(-c2ccc(Cl)cc2)o1. The summed E-state index contributed by atoms with van der Waals surface area (Å²) in [5.74, 6) is 1.30. The van der Waals surface area contributed by atoms with E-state index in [1.165, 1.54) is 7.05 Å². The predicted octanol–water partition coefficient (Wildman–Crippen LogP) is 3.46. The van der Waals surface area contributed by atoms with Gasteiger partial charge in [0.1, 0.15) is 11.5 Å². The minimum atomic E-state index is -0.487. The Bertz CT molecular complexity index is 533. The van der Waals surface area contributed by atoms with Crippen LogP contribution in [0.15, 0.2) is 40.8 Å². The number of nitrogens with one attached hydrogen (secondary N) is 1. The van der Waals surface area contributed by atoms with Crippen LogP contribution in [0.1, 0.15) is 5.76 Å². The first kappa shape index (κ1) is 12.5. The molecule has 0 unspecified atom stereocenters. The molecule has 1 aromatic heterocycles. The topological polar surface area (TPSA) is 51.5 Å². The lowest BCUT2D eigenvalue weighted by atomic mass is 10.2. The normalized spacial score (nSPS) is 10.1. The van der Waals surface area contributed by atoms with Gasteiger partial charge in [0.05, 0.1) is 0 Å².